The molecule has 0 fully saturated rings. The van der Waals surface area contributed by atoms with Crippen LogP contribution >= 0.6 is 0 Å². The topological polar surface area (TPSA) is 59.6 Å². The molecule has 1 amide bonds. The van der Waals surface area contributed by atoms with Crippen LogP contribution in [0.5, 0.6) is 0 Å². The van der Waals surface area contributed by atoms with Crippen LogP contribution in [-0.2, 0) is 15.9 Å². The lowest BCUT2D eigenvalue weighted by Crippen LogP contribution is -2.35. The molecule has 5 heteroatoms. The molecule has 2 N–H and O–H groups in total. The zero-order valence-electron chi connectivity index (χ0n) is 12.8. The van der Waals surface area contributed by atoms with Crippen LogP contribution in [0.3, 0.4) is 0 Å². The van der Waals surface area contributed by atoms with E-state index in [2.05, 4.69) is 10.6 Å². The molecule has 0 aromatic heterocycles. The van der Waals surface area contributed by atoms with Crippen molar-refractivity contribution in [2.24, 2.45) is 0 Å². The first-order valence-corrected chi connectivity index (χ1v) is 7.62. The first-order chi connectivity index (χ1) is 10.2. The molecule has 5 nitrogen and oxygen atoms in total. The van der Waals surface area contributed by atoms with E-state index < -0.39 is 0 Å². The molecule has 1 aromatic carbocycles. The summed E-state index contributed by atoms with van der Waals surface area (Å²) >= 11 is 0. The van der Waals surface area contributed by atoms with Gasteiger partial charge in [0.05, 0.1) is 6.54 Å². The molecule has 1 heterocycles. The average Bonchev–Trinajstić information content (AvgIpc) is 2.52. The van der Waals surface area contributed by atoms with Crippen molar-refractivity contribution in [2.45, 2.75) is 33.0 Å². The Morgan fingerprint density at radius 3 is 2.81 bits per heavy atom. The molecule has 0 bridgehead atoms. The summed E-state index contributed by atoms with van der Waals surface area (Å²) in [5, 5.41) is 6.21. The molecule has 1 aromatic rings. The minimum Gasteiger partial charge on any atom is -0.385 e. The van der Waals surface area contributed by atoms with Gasteiger partial charge in [-0.1, -0.05) is 0 Å². The highest BCUT2D eigenvalue weighted by Crippen LogP contribution is 2.22. The van der Waals surface area contributed by atoms with Gasteiger partial charge >= 0.3 is 0 Å². The van der Waals surface area contributed by atoms with Gasteiger partial charge in [0, 0.05) is 31.0 Å². The minimum absolute atomic E-state index is 0.0900. The smallest absolute Gasteiger partial charge is 0.251 e. The summed E-state index contributed by atoms with van der Waals surface area (Å²) in [6.45, 7) is 6.30. The molecule has 0 unspecified atom stereocenters. The van der Waals surface area contributed by atoms with Gasteiger partial charge in [0.1, 0.15) is 0 Å². The molecule has 21 heavy (non-hydrogen) atoms. The first-order valence-electron chi connectivity index (χ1n) is 7.62. The van der Waals surface area contributed by atoms with E-state index in [0.717, 1.165) is 25.1 Å². The number of hydrogen-bond acceptors (Lipinski definition) is 4. The zero-order chi connectivity index (χ0) is 15.1. The molecule has 0 spiro atoms. The van der Waals surface area contributed by atoms with Crippen LogP contribution < -0.4 is 10.6 Å². The maximum Gasteiger partial charge on any atom is 0.251 e. The number of carbonyl (C=O) groups excluding carboxylic acids is 1. The van der Waals surface area contributed by atoms with Crippen molar-refractivity contribution in [3.63, 3.8) is 0 Å². The summed E-state index contributed by atoms with van der Waals surface area (Å²) < 4.78 is 10.8. The van der Waals surface area contributed by atoms with Crippen LogP contribution in [0.1, 0.15) is 36.2 Å². The highest BCUT2D eigenvalue weighted by atomic mass is 16.7. The van der Waals surface area contributed by atoms with Crippen molar-refractivity contribution in [3.05, 3.63) is 29.3 Å². The van der Waals surface area contributed by atoms with Crippen molar-refractivity contribution in [3.8, 4) is 0 Å². The number of fused-ring (bicyclic) bond motifs is 1. The molecule has 0 saturated heterocycles. The van der Waals surface area contributed by atoms with Crippen molar-refractivity contribution in [2.75, 3.05) is 31.6 Å². The van der Waals surface area contributed by atoms with Gasteiger partial charge in [-0.3, -0.25) is 4.79 Å². The molecule has 1 aliphatic rings. The Kier molecular flexibility index (Phi) is 6.02. The van der Waals surface area contributed by atoms with E-state index in [-0.39, 0.29) is 12.2 Å². The Morgan fingerprint density at radius 2 is 2.10 bits per heavy atom. The summed E-state index contributed by atoms with van der Waals surface area (Å²) in [5.41, 5.74) is 3.03. The number of rotatable bonds is 7. The average molecular weight is 292 g/mol. The number of carbonyl (C=O) groups is 1. The SMILES string of the molecule is CCOC(CNC(=O)c1ccc2c(c1)CCCN2)OCC. The van der Waals surface area contributed by atoms with E-state index in [1.165, 1.54) is 5.56 Å². The molecule has 116 valence electrons. The van der Waals surface area contributed by atoms with Gasteiger partial charge < -0.3 is 20.1 Å². The molecule has 0 aliphatic carbocycles. The number of amides is 1. The number of ether oxygens (including phenoxy) is 2. The van der Waals surface area contributed by atoms with E-state index >= 15 is 0 Å². The lowest BCUT2D eigenvalue weighted by Gasteiger charge is -2.19. The first kappa shape index (κ1) is 15.8. The van der Waals surface area contributed by atoms with E-state index in [9.17, 15) is 4.79 Å². The summed E-state index contributed by atoms with van der Waals surface area (Å²) in [6.07, 6.45) is 1.74. The third kappa shape index (κ3) is 4.44. The molecular weight excluding hydrogens is 268 g/mol. The van der Waals surface area contributed by atoms with Crippen LogP contribution in [0.25, 0.3) is 0 Å². The predicted molar refractivity (Wildman–Crippen MR) is 82.6 cm³/mol. The zero-order valence-corrected chi connectivity index (χ0v) is 12.8. The fraction of sp³-hybridized carbons (Fsp3) is 0.562. The normalized spacial score (nSPS) is 13.7. The van der Waals surface area contributed by atoms with Gasteiger partial charge in [-0.2, -0.15) is 0 Å². The Bertz CT molecular complexity index is 471. The highest BCUT2D eigenvalue weighted by Gasteiger charge is 2.14. The number of benzene rings is 1. The summed E-state index contributed by atoms with van der Waals surface area (Å²) in [6, 6.07) is 5.79. The lowest BCUT2D eigenvalue weighted by atomic mass is 10.0. The van der Waals surface area contributed by atoms with Gasteiger partial charge in [-0.25, -0.2) is 0 Å². The standard InChI is InChI=1S/C16H24N2O3/c1-3-20-15(21-4-2)11-18-16(19)13-7-8-14-12(10-13)6-5-9-17-14/h7-8,10,15,17H,3-6,9,11H2,1-2H3,(H,18,19). The fourth-order valence-corrected chi connectivity index (χ4v) is 2.43. The molecule has 1 aliphatic heterocycles. The Hall–Kier alpha value is -1.59. The van der Waals surface area contributed by atoms with Gasteiger partial charge in [-0.05, 0) is 50.5 Å². The second-order valence-corrected chi connectivity index (χ2v) is 4.95. The highest BCUT2D eigenvalue weighted by molar-refractivity contribution is 5.95. The van der Waals surface area contributed by atoms with Crippen LogP contribution in [0.2, 0.25) is 0 Å². The van der Waals surface area contributed by atoms with Crippen molar-refractivity contribution < 1.29 is 14.3 Å². The number of hydrogen-bond donors (Lipinski definition) is 2. The Labute approximate surface area is 126 Å². The van der Waals surface area contributed by atoms with Crippen LogP contribution in [0, 0.1) is 0 Å². The monoisotopic (exact) mass is 292 g/mol. The predicted octanol–water partition coefficient (Wildman–Crippen LogP) is 2.17. The molecule has 2 rings (SSSR count). The van der Waals surface area contributed by atoms with E-state index in [0.29, 0.717) is 25.3 Å². The number of anilines is 1. The minimum atomic E-state index is -0.386. The number of nitrogens with one attached hydrogen (secondary N) is 2. The van der Waals surface area contributed by atoms with Gasteiger partial charge in [0.25, 0.3) is 5.91 Å². The number of aryl methyl sites for hydroxylation is 1. The Morgan fingerprint density at radius 1 is 1.33 bits per heavy atom. The summed E-state index contributed by atoms with van der Waals surface area (Å²) in [7, 11) is 0. The van der Waals surface area contributed by atoms with Crippen LogP contribution in [-0.4, -0.2) is 38.5 Å². The quantitative estimate of drug-likeness (QED) is 0.756. The van der Waals surface area contributed by atoms with Gasteiger partial charge in [0.2, 0.25) is 0 Å². The maximum atomic E-state index is 12.2. The fourth-order valence-electron chi connectivity index (χ4n) is 2.43. The van der Waals surface area contributed by atoms with Gasteiger partial charge in [-0.15, -0.1) is 0 Å². The van der Waals surface area contributed by atoms with Crippen molar-refractivity contribution in [1.29, 1.82) is 0 Å². The molecule has 0 atom stereocenters. The van der Waals surface area contributed by atoms with E-state index in [4.69, 9.17) is 9.47 Å². The van der Waals surface area contributed by atoms with E-state index in [1.807, 2.05) is 32.0 Å². The Balaban J connectivity index is 1.93. The van der Waals surface area contributed by atoms with Crippen LogP contribution in [0.15, 0.2) is 18.2 Å². The second kappa shape index (κ2) is 8.00. The second-order valence-electron chi connectivity index (χ2n) is 4.95. The van der Waals surface area contributed by atoms with Crippen molar-refractivity contribution in [1.82, 2.24) is 5.32 Å². The van der Waals surface area contributed by atoms with E-state index in [1.54, 1.807) is 0 Å². The molecular formula is C16H24N2O3. The third-order valence-electron chi connectivity index (χ3n) is 3.44. The van der Waals surface area contributed by atoms with Crippen molar-refractivity contribution >= 4 is 11.6 Å². The lowest BCUT2D eigenvalue weighted by molar-refractivity contribution is -0.131. The third-order valence-corrected chi connectivity index (χ3v) is 3.44. The largest absolute Gasteiger partial charge is 0.385 e. The molecule has 0 saturated carbocycles. The van der Waals surface area contributed by atoms with Crippen LogP contribution in [0.4, 0.5) is 5.69 Å². The molecule has 0 radical (unpaired) electrons. The summed E-state index contributed by atoms with van der Waals surface area (Å²) in [4.78, 5) is 12.2. The maximum absolute atomic E-state index is 12.2. The van der Waals surface area contributed by atoms with Gasteiger partial charge in [0.15, 0.2) is 6.29 Å². The summed E-state index contributed by atoms with van der Waals surface area (Å²) in [5.74, 6) is -0.0900.